The molecule has 1 aliphatic rings. The largest absolute Gasteiger partial charge is 0.481 e. The van der Waals surface area contributed by atoms with Crippen LogP contribution >= 0.6 is 0 Å². The Hall–Kier alpha value is -2.10. The molecule has 2 N–H and O–H groups in total. The standard InChI is InChI=1S/C16H19NO3/c1-12(18)17-11-3-2-4-13-5-7-14(8-6-13)16(9-10-16)15(19)20/h2,4-8H,3,9-11H2,1H3,(H,17,18)(H,19,20). The lowest BCUT2D eigenvalue weighted by Crippen LogP contribution is -2.20. The van der Waals surface area contributed by atoms with Crippen molar-refractivity contribution in [1.82, 2.24) is 5.32 Å². The van der Waals surface area contributed by atoms with Gasteiger partial charge in [0.05, 0.1) is 5.41 Å². The number of rotatable bonds is 6. The van der Waals surface area contributed by atoms with Gasteiger partial charge in [0.1, 0.15) is 0 Å². The van der Waals surface area contributed by atoms with E-state index in [1.807, 2.05) is 36.4 Å². The lowest BCUT2D eigenvalue weighted by molar-refractivity contribution is -0.140. The molecule has 1 amide bonds. The van der Waals surface area contributed by atoms with Gasteiger partial charge in [0, 0.05) is 13.5 Å². The number of hydrogen-bond acceptors (Lipinski definition) is 2. The zero-order chi connectivity index (χ0) is 14.6. The number of aliphatic carboxylic acids is 1. The zero-order valence-electron chi connectivity index (χ0n) is 11.6. The van der Waals surface area contributed by atoms with Gasteiger partial charge in [0.2, 0.25) is 5.91 Å². The lowest BCUT2D eigenvalue weighted by Gasteiger charge is -2.09. The van der Waals surface area contributed by atoms with Gasteiger partial charge in [-0.05, 0) is 30.4 Å². The van der Waals surface area contributed by atoms with Crippen LogP contribution in [0.15, 0.2) is 30.3 Å². The summed E-state index contributed by atoms with van der Waals surface area (Å²) >= 11 is 0. The summed E-state index contributed by atoms with van der Waals surface area (Å²) in [6, 6.07) is 7.67. The summed E-state index contributed by atoms with van der Waals surface area (Å²) in [7, 11) is 0. The molecular weight excluding hydrogens is 254 g/mol. The van der Waals surface area contributed by atoms with E-state index in [0.29, 0.717) is 6.54 Å². The summed E-state index contributed by atoms with van der Waals surface area (Å²) in [5, 5.41) is 11.9. The van der Waals surface area contributed by atoms with Crippen LogP contribution in [0, 0.1) is 0 Å². The molecule has 1 aromatic rings. The van der Waals surface area contributed by atoms with Crippen LogP contribution in [0.5, 0.6) is 0 Å². The molecule has 2 rings (SSSR count). The Labute approximate surface area is 118 Å². The molecule has 20 heavy (non-hydrogen) atoms. The molecule has 0 aliphatic heterocycles. The number of carbonyl (C=O) groups is 2. The molecule has 0 radical (unpaired) electrons. The highest BCUT2D eigenvalue weighted by Crippen LogP contribution is 2.48. The van der Waals surface area contributed by atoms with E-state index in [1.165, 1.54) is 6.92 Å². The van der Waals surface area contributed by atoms with Crippen molar-refractivity contribution in [3.63, 3.8) is 0 Å². The molecule has 0 atom stereocenters. The average molecular weight is 273 g/mol. The van der Waals surface area contributed by atoms with E-state index in [4.69, 9.17) is 0 Å². The van der Waals surface area contributed by atoms with Gasteiger partial charge in [-0.2, -0.15) is 0 Å². The zero-order valence-corrected chi connectivity index (χ0v) is 11.6. The Morgan fingerprint density at radius 1 is 1.30 bits per heavy atom. The molecule has 4 heteroatoms. The van der Waals surface area contributed by atoms with E-state index in [2.05, 4.69) is 5.32 Å². The third kappa shape index (κ3) is 3.26. The first kappa shape index (κ1) is 14.3. The van der Waals surface area contributed by atoms with Crippen LogP contribution in [0.25, 0.3) is 6.08 Å². The Morgan fingerprint density at radius 2 is 1.95 bits per heavy atom. The minimum Gasteiger partial charge on any atom is -0.481 e. The second-order valence-corrected chi connectivity index (χ2v) is 5.18. The highest BCUT2D eigenvalue weighted by molar-refractivity contribution is 5.85. The van der Waals surface area contributed by atoms with Crippen molar-refractivity contribution < 1.29 is 14.7 Å². The highest BCUT2D eigenvalue weighted by Gasteiger charge is 2.51. The molecule has 0 aromatic heterocycles. The number of hydrogen-bond donors (Lipinski definition) is 2. The first-order chi connectivity index (χ1) is 9.54. The molecule has 0 spiro atoms. The Kier molecular flexibility index (Phi) is 4.23. The maximum absolute atomic E-state index is 11.2. The number of carbonyl (C=O) groups excluding carboxylic acids is 1. The summed E-state index contributed by atoms with van der Waals surface area (Å²) < 4.78 is 0. The molecule has 1 saturated carbocycles. The molecular formula is C16H19NO3. The van der Waals surface area contributed by atoms with E-state index in [1.54, 1.807) is 0 Å². The van der Waals surface area contributed by atoms with Gasteiger partial charge in [0.15, 0.2) is 0 Å². The molecule has 0 saturated heterocycles. The van der Waals surface area contributed by atoms with Crippen molar-refractivity contribution in [2.24, 2.45) is 0 Å². The van der Waals surface area contributed by atoms with Crippen LogP contribution < -0.4 is 5.32 Å². The maximum Gasteiger partial charge on any atom is 0.314 e. The minimum atomic E-state index is -0.726. The third-order valence-electron chi connectivity index (χ3n) is 3.62. The Balaban J connectivity index is 1.91. The smallest absolute Gasteiger partial charge is 0.314 e. The summed E-state index contributed by atoms with van der Waals surface area (Å²) in [5.74, 6) is -0.748. The van der Waals surface area contributed by atoms with Crippen molar-refractivity contribution in [2.75, 3.05) is 6.54 Å². The van der Waals surface area contributed by atoms with Crippen molar-refractivity contribution in [3.8, 4) is 0 Å². The van der Waals surface area contributed by atoms with Crippen LogP contribution in [-0.2, 0) is 15.0 Å². The predicted octanol–water partition coefficient (Wildman–Crippen LogP) is 2.34. The molecule has 0 unspecified atom stereocenters. The Morgan fingerprint density at radius 3 is 2.45 bits per heavy atom. The van der Waals surface area contributed by atoms with Gasteiger partial charge < -0.3 is 10.4 Å². The first-order valence-corrected chi connectivity index (χ1v) is 6.79. The van der Waals surface area contributed by atoms with E-state index in [-0.39, 0.29) is 5.91 Å². The fourth-order valence-electron chi connectivity index (χ4n) is 2.22. The van der Waals surface area contributed by atoms with E-state index < -0.39 is 11.4 Å². The van der Waals surface area contributed by atoms with Crippen molar-refractivity contribution in [1.29, 1.82) is 0 Å². The summed E-state index contributed by atoms with van der Waals surface area (Å²) in [4.78, 5) is 21.9. The Bertz CT molecular complexity index is 527. The van der Waals surface area contributed by atoms with Crippen LogP contribution in [0.1, 0.15) is 37.3 Å². The molecule has 0 heterocycles. The normalized spacial score (nSPS) is 16.1. The fraction of sp³-hybridized carbons (Fsp3) is 0.375. The number of carboxylic acids is 1. The van der Waals surface area contributed by atoms with Crippen molar-refractivity contribution >= 4 is 18.0 Å². The SMILES string of the molecule is CC(=O)NCCC=Cc1ccc(C2(C(=O)O)CC2)cc1. The van der Waals surface area contributed by atoms with Crippen molar-refractivity contribution in [3.05, 3.63) is 41.5 Å². The monoisotopic (exact) mass is 273 g/mol. The summed E-state index contributed by atoms with van der Waals surface area (Å²) in [5.41, 5.74) is 1.30. The van der Waals surface area contributed by atoms with E-state index in [0.717, 1.165) is 30.4 Å². The minimum absolute atomic E-state index is 0.0221. The van der Waals surface area contributed by atoms with Crippen LogP contribution in [0.4, 0.5) is 0 Å². The highest BCUT2D eigenvalue weighted by atomic mass is 16.4. The van der Waals surface area contributed by atoms with E-state index >= 15 is 0 Å². The van der Waals surface area contributed by atoms with Gasteiger partial charge in [-0.15, -0.1) is 0 Å². The van der Waals surface area contributed by atoms with E-state index in [9.17, 15) is 14.7 Å². The first-order valence-electron chi connectivity index (χ1n) is 6.79. The van der Waals surface area contributed by atoms with Gasteiger partial charge in [-0.3, -0.25) is 9.59 Å². The molecule has 4 nitrogen and oxygen atoms in total. The quantitative estimate of drug-likeness (QED) is 0.782. The van der Waals surface area contributed by atoms with Gasteiger partial charge in [0.25, 0.3) is 0 Å². The van der Waals surface area contributed by atoms with Gasteiger partial charge >= 0.3 is 5.97 Å². The maximum atomic E-state index is 11.2. The molecule has 0 bridgehead atoms. The molecule has 1 aliphatic carbocycles. The predicted molar refractivity (Wildman–Crippen MR) is 77.3 cm³/mol. The van der Waals surface area contributed by atoms with Gasteiger partial charge in [-0.1, -0.05) is 36.4 Å². The summed E-state index contributed by atoms with van der Waals surface area (Å²) in [6.45, 7) is 2.13. The molecule has 106 valence electrons. The topological polar surface area (TPSA) is 66.4 Å². The van der Waals surface area contributed by atoms with Crippen LogP contribution in [-0.4, -0.2) is 23.5 Å². The number of benzene rings is 1. The second kappa shape index (κ2) is 5.90. The lowest BCUT2D eigenvalue weighted by atomic mass is 9.95. The van der Waals surface area contributed by atoms with Crippen LogP contribution in [0.2, 0.25) is 0 Å². The fourth-order valence-corrected chi connectivity index (χ4v) is 2.22. The average Bonchev–Trinajstić information content (AvgIpc) is 3.20. The van der Waals surface area contributed by atoms with Crippen LogP contribution in [0.3, 0.4) is 0 Å². The third-order valence-corrected chi connectivity index (χ3v) is 3.62. The number of carboxylic acid groups (broad SMARTS) is 1. The molecule has 1 fully saturated rings. The summed E-state index contributed by atoms with van der Waals surface area (Å²) in [6.07, 6.45) is 6.21. The second-order valence-electron chi connectivity index (χ2n) is 5.18. The van der Waals surface area contributed by atoms with Crippen molar-refractivity contribution in [2.45, 2.75) is 31.6 Å². The van der Waals surface area contributed by atoms with Gasteiger partial charge in [-0.25, -0.2) is 0 Å². The molecule has 1 aromatic carbocycles. The number of amides is 1. The number of nitrogens with one attached hydrogen (secondary N) is 1.